The minimum absolute atomic E-state index is 0.148. The molecule has 0 saturated carbocycles. The first-order valence-corrected chi connectivity index (χ1v) is 6.48. The quantitative estimate of drug-likeness (QED) is 0.761. The maximum atomic E-state index is 5.93. The number of benzene rings is 1. The lowest BCUT2D eigenvalue weighted by Crippen LogP contribution is -2.43. The van der Waals surface area contributed by atoms with Crippen molar-refractivity contribution in [1.82, 2.24) is 5.32 Å². The van der Waals surface area contributed by atoms with Gasteiger partial charge in [0.25, 0.3) is 0 Å². The van der Waals surface area contributed by atoms with Crippen LogP contribution in [0.1, 0.15) is 30.5 Å². The highest BCUT2D eigenvalue weighted by molar-refractivity contribution is 5.43. The van der Waals surface area contributed by atoms with Gasteiger partial charge in [-0.25, -0.2) is 0 Å². The Hall–Kier alpha value is -1.06. The summed E-state index contributed by atoms with van der Waals surface area (Å²) in [6.07, 6.45) is 1.02. The molecule has 0 aromatic heterocycles. The molecular formula is C15H26N2O. The van der Waals surface area contributed by atoms with Crippen LogP contribution in [0.3, 0.4) is 0 Å². The van der Waals surface area contributed by atoms with Crippen molar-refractivity contribution in [2.75, 3.05) is 20.2 Å². The second kappa shape index (κ2) is 6.21. The first-order valence-electron chi connectivity index (χ1n) is 6.48. The third-order valence-corrected chi connectivity index (χ3v) is 3.22. The van der Waals surface area contributed by atoms with Crippen molar-refractivity contribution in [2.45, 2.75) is 39.7 Å². The van der Waals surface area contributed by atoms with Crippen molar-refractivity contribution in [3.8, 4) is 5.75 Å². The van der Waals surface area contributed by atoms with Gasteiger partial charge in [0.1, 0.15) is 5.75 Å². The van der Waals surface area contributed by atoms with Gasteiger partial charge in [0, 0.05) is 12.1 Å². The molecule has 1 aromatic rings. The zero-order valence-corrected chi connectivity index (χ0v) is 12.3. The van der Waals surface area contributed by atoms with Crippen LogP contribution in [0, 0.1) is 13.8 Å². The highest BCUT2D eigenvalue weighted by Gasteiger charge is 2.10. The van der Waals surface area contributed by atoms with E-state index in [2.05, 4.69) is 25.2 Å². The van der Waals surface area contributed by atoms with Crippen LogP contribution in [0.4, 0.5) is 0 Å². The van der Waals surface area contributed by atoms with Crippen molar-refractivity contribution < 1.29 is 4.74 Å². The molecule has 0 heterocycles. The summed E-state index contributed by atoms with van der Waals surface area (Å²) in [5.74, 6) is 0.965. The van der Waals surface area contributed by atoms with Gasteiger partial charge in [-0.3, -0.25) is 0 Å². The van der Waals surface area contributed by atoms with E-state index in [1.165, 1.54) is 16.7 Å². The standard InChI is InChI=1S/C15H26N2O/c1-11-12(2)14(18-5)7-6-13(11)8-9-17-10-15(3,4)16/h6-7,17H,8-10,16H2,1-5H3. The second-order valence-corrected chi connectivity index (χ2v) is 5.59. The zero-order valence-electron chi connectivity index (χ0n) is 12.3. The van der Waals surface area contributed by atoms with E-state index in [1.807, 2.05) is 19.9 Å². The van der Waals surface area contributed by atoms with Gasteiger partial charge in [-0.2, -0.15) is 0 Å². The molecule has 1 aromatic carbocycles. The maximum Gasteiger partial charge on any atom is 0.122 e. The van der Waals surface area contributed by atoms with E-state index in [4.69, 9.17) is 10.5 Å². The molecule has 3 heteroatoms. The summed E-state index contributed by atoms with van der Waals surface area (Å²) >= 11 is 0. The van der Waals surface area contributed by atoms with E-state index in [-0.39, 0.29) is 5.54 Å². The second-order valence-electron chi connectivity index (χ2n) is 5.59. The maximum absolute atomic E-state index is 5.93. The third-order valence-electron chi connectivity index (χ3n) is 3.22. The van der Waals surface area contributed by atoms with Crippen molar-refractivity contribution in [3.63, 3.8) is 0 Å². The fraction of sp³-hybridized carbons (Fsp3) is 0.600. The zero-order chi connectivity index (χ0) is 13.8. The fourth-order valence-corrected chi connectivity index (χ4v) is 1.98. The van der Waals surface area contributed by atoms with Crippen LogP contribution in [-0.4, -0.2) is 25.7 Å². The lowest BCUT2D eigenvalue weighted by molar-refractivity contribution is 0.411. The van der Waals surface area contributed by atoms with Crippen LogP contribution >= 0.6 is 0 Å². The topological polar surface area (TPSA) is 47.3 Å². The lowest BCUT2D eigenvalue weighted by Gasteiger charge is -2.19. The van der Waals surface area contributed by atoms with Crippen molar-refractivity contribution in [2.24, 2.45) is 5.73 Å². The summed E-state index contributed by atoms with van der Waals surface area (Å²) in [6.45, 7) is 10.1. The minimum atomic E-state index is -0.148. The smallest absolute Gasteiger partial charge is 0.122 e. The first-order chi connectivity index (χ1) is 8.35. The molecule has 0 aliphatic rings. The van der Waals surface area contributed by atoms with Crippen LogP contribution in [0.15, 0.2) is 12.1 Å². The summed E-state index contributed by atoms with van der Waals surface area (Å²) in [5, 5.41) is 3.39. The Balaban J connectivity index is 2.56. The van der Waals surface area contributed by atoms with Gasteiger partial charge in [0.15, 0.2) is 0 Å². The summed E-state index contributed by atoms with van der Waals surface area (Å²) in [5.41, 5.74) is 9.70. The number of hydrogen-bond acceptors (Lipinski definition) is 3. The molecule has 0 spiro atoms. The van der Waals surface area contributed by atoms with Crippen LogP contribution in [0.2, 0.25) is 0 Å². The van der Waals surface area contributed by atoms with Gasteiger partial charge in [-0.15, -0.1) is 0 Å². The molecule has 0 bridgehead atoms. The third kappa shape index (κ3) is 4.31. The van der Waals surface area contributed by atoms with Crippen LogP contribution in [-0.2, 0) is 6.42 Å². The molecule has 0 unspecified atom stereocenters. The fourth-order valence-electron chi connectivity index (χ4n) is 1.98. The molecular weight excluding hydrogens is 224 g/mol. The molecule has 0 radical (unpaired) electrons. The highest BCUT2D eigenvalue weighted by atomic mass is 16.5. The molecule has 0 aliphatic carbocycles. The van der Waals surface area contributed by atoms with Crippen molar-refractivity contribution >= 4 is 0 Å². The van der Waals surface area contributed by atoms with E-state index in [0.29, 0.717) is 0 Å². The van der Waals surface area contributed by atoms with E-state index in [9.17, 15) is 0 Å². The lowest BCUT2D eigenvalue weighted by atomic mass is 10.00. The van der Waals surface area contributed by atoms with Gasteiger partial charge in [0.2, 0.25) is 0 Å². The summed E-state index contributed by atoms with van der Waals surface area (Å²) in [4.78, 5) is 0. The number of nitrogens with one attached hydrogen (secondary N) is 1. The molecule has 3 nitrogen and oxygen atoms in total. The predicted molar refractivity (Wildman–Crippen MR) is 77.3 cm³/mol. The van der Waals surface area contributed by atoms with E-state index >= 15 is 0 Å². The molecule has 102 valence electrons. The molecule has 18 heavy (non-hydrogen) atoms. The Morgan fingerprint density at radius 2 is 1.89 bits per heavy atom. The number of hydrogen-bond donors (Lipinski definition) is 2. The summed E-state index contributed by atoms with van der Waals surface area (Å²) in [7, 11) is 1.71. The predicted octanol–water partition coefficient (Wildman–Crippen LogP) is 2.18. The van der Waals surface area contributed by atoms with Gasteiger partial charge in [-0.05, 0) is 63.4 Å². The van der Waals surface area contributed by atoms with Gasteiger partial charge >= 0.3 is 0 Å². The van der Waals surface area contributed by atoms with Gasteiger partial charge in [-0.1, -0.05) is 6.07 Å². The molecule has 0 aliphatic heterocycles. The normalized spacial score (nSPS) is 11.7. The van der Waals surface area contributed by atoms with Crippen molar-refractivity contribution in [1.29, 1.82) is 0 Å². The Bertz CT molecular complexity index is 394. The number of ether oxygens (including phenoxy) is 1. The number of rotatable bonds is 6. The Kier molecular flexibility index (Phi) is 5.17. The first kappa shape index (κ1) is 15.0. The van der Waals surface area contributed by atoms with Gasteiger partial charge < -0.3 is 15.8 Å². The molecule has 0 fully saturated rings. The molecule has 0 saturated heterocycles. The van der Waals surface area contributed by atoms with Crippen LogP contribution in [0.5, 0.6) is 5.75 Å². The Morgan fingerprint density at radius 1 is 1.22 bits per heavy atom. The summed E-state index contributed by atoms with van der Waals surface area (Å²) < 4.78 is 5.32. The van der Waals surface area contributed by atoms with E-state index in [1.54, 1.807) is 7.11 Å². The Labute approximate surface area is 111 Å². The highest BCUT2D eigenvalue weighted by Crippen LogP contribution is 2.23. The Morgan fingerprint density at radius 3 is 2.44 bits per heavy atom. The largest absolute Gasteiger partial charge is 0.496 e. The monoisotopic (exact) mass is 250 g/mol. The average molecular weight is 250 g/mol. The number of methoxy groups -OCH3 is 1. The van der Waals surface area contributed by atoms with E-state index in [0.717, 1.165) is 25.3 Å². The number of nitrogens with two attached hydrogens (primary N) is 1. The van der Waals surface area contributed by atoms with Crippen molar-refractivity contribution in [3.05, 3.63) is 28.8 Å². The average Bonchev–Trinajstić information content (AvgIpc) is 2.28. The molecule has 3 N–H and O–H groups in total. The SMILES string of the molecule is COc1ccc(CCNCC(C)(C)N)c(C)c1C. The molecule has 1 rings (SSSR count). The molecule has 0 amide bonds. The van der Waals surface area contributed by atoms with Crippen LogP contribution < -0.4 is 15.8 Å². The summed E-state index contributed by atoms with van der Waals surface area (Å²) in [6, 6.07) is 4.20. The van der Waals surface area contributed by atoms with E-state index < -0.39 is 0 Å². The van der Waals surface area contributed by atoms with Crippen LogP contribution in [0.25, 0.3) is 0 Å². The van der Waals surface area contributed by atoms with Gasteiger partial charge in [0.05, 0.1) is 7.11 Å². The molecule has 0 atom stereocenters. The minimum Gasteiger partial charge on any atom is -0.496 e.